The first kappa shape index (κ1) is 11.6. The third-order valence-corrected chi connectivity index (χ3v) is 4.09. The first-order valence-corrected chi connectivity index (χ1v) is 6.41. The number of rotatable bonds is 2. The van der Waals surface area contributed by atoms with Crippen molar-refractivity contribution in [2.75, 3.05) is 7.05 Å². The van der Waals surface area contributed by atoms with E-state index in [0.717, 1.165) is 0 Å². The van der Waals surface area contributed by atoms with E-state index in [2.05, 4.69) is 38.2 Å². The van der Waals surface area contributed by atoms with Gasteiger partial charge < -0.3 is 4.90 Å². The molecule has 2 rings (SSSR count). The molecule has 1 amide bonds. The highest BCUT2D eigenvalue weighted by molar-refractivity contribution is 7.12. The zero-order chi connectivity index (χ0) is 11.9. The monoisotopic (exact) mass is 238 g/mol. The number of amides is 1. The van der Waals surface area contributed by atoms with Gasteiger partial charge >= 0.3 is 0 Å². The zero-order valence-electron chi connectivity index (χ0n) is 10.2. The van der Waals surface area contributed by atoms with Gasteiger partial charge in [0.15, 0.2) is 0 Å². The molecule has 0 saturated carbocycles. The van der Waals surface area contributed by atoms with Crippen LogP contribution in [0.3, 0.4) is 0 Å². The van der Waals surface area contributed by atoms with Crippen molar-refractivity contribution in [1.82, 2.24) is 10.2 Å². The SMILES string of the molecule is Cc1ccc(C2NC(C(C)C)C(=O)N2C)s1. The molecule has 2 heterocycles. The summed E-state index contributed by atoms with van der Waals surface area (Å²) in [5.41, 5.74) is 0. The summed E-state index contributed by atoms with van der Waals surface area (Å²) in [4.78, 5) is 16.3. The maximum Gasteiger partial charge on any atom is 0.241 e. The molecule has 0 aromatic carbocycles. The first-order valence-electron chi connectivity index (χ1n) is 5.59. The molecule has 0 spiro atoms. The lowest BCUT2D eigenvalue weighted by Crippen LogP contribution is -2.33. The highest BCUT2D eigenvalue weighted by Crippen LogP contribution is 2.30. The molecule has 3 nitrogen and oxygen atoms in total. The number of carbonyl (C=O) groups is 1. The maximum atomic E-state index is 12.0. The summed E-state index contributed by atoms with van der Waals surface area (Å²) in [5.74, 6) is 0.534. The van der Waals surface area contributed by atoms with Crippen molar-refractivity contribution in [2.24, 2.45) is 5.92 Å². The molecule has 0 bridgehead atoms. The van der Waals surface area contributed by atoms with Crippen LogP contribution in [-0.2, 0) is 4.79 Å². The Labute approximate surface area is 100 Å². The third-order valence-electron chi connectivity index (χ3n) is 3.04. The number of aryl methyl sites for hydroxylation is 1. The summed E-state index contributed by atoms with van der Waals surface area (Å²) in [6.45, 7) is 6.24. The molecule has 1 aliphatic rings. The molecule has 2 atom stereocenters. The summed E-state index contributed by atoms with van der Waals surface area (Å²) in [7, 11) is 1.87. The largest absolute Gasteiger partial charge is 0.324 e. The van der Waals surface area contributed by atoms with Gasteiger partial charge in [-0.25, -0.2) is 0 Å². The van der Waals surface area contributed by atoms with E-state index in [-0.39, 0.29) is 18.1 Å². The minimum Gasteiger partial charge on any atom is -0.324 e. The van der Waals surface area contributed by atoms with Gasteiger partial charge in [0, 0.05) is 16.8 Å². The number of nitrogens with one attached hydrogen (secondary N) is 1. The van der Waals surface area contributed by atoms with E-state index in [1.807, 2.05) is 11.9 Å². The lowest BCUT2D eigenvalue weighted by Gasteiger charge is -2.17. The number of nitrogens with zero attached hydrogens (tertiary/aromatic N) is 1. The summed E-state index contributed by atoms with van der Waals surface area (Å²) in [5, 5.41) is 3.41. The molecule has 1 N–H and O–H groups in total. The van der Waals surface area contributed by atoms with Crippen LogP contribution in [0.25, 0.3) is 0 Å². The van der Waals surface area contributed by atoms with Crippen LogP contribution in [0.5, 0.6) is 0 Å². The molecule has 88 valence electrons. The van der Waals surface area contributed by atoms with Crippen LogP contribution < -0.4 is 5.32 Å². The third kappa shape index (κ3) is 1.87. The molecule has 1 aromatic heterocycles. The second-order valence-electron chi connectivity index (χ2n) is 4.69. The zero-order valence-corrected chi connectivity index (χ0v) is 11.0. The van der Waals surface area contributed by atoms with Crippen LogP contribution in [0, 0.1) is 12.8 Å². The number of likely N-dealkylation sites (N-methyl/N-ethyl adjacent to an activating group) is 1. The molecule has 0 radical (unpaired) electrons. The van der Waals surface area contributed by atoms with Crippen LogP contribution >= 0.6 is 11.3 Å². The van der Waals surface area contributed by atoms with Crippen molar-refractivity contribution in [3.05, 3.63) is 21.9 Å². The van der Waals surface area contributed by atoms with E-state index < -0.39 is 0 Å². The molecular formula is C12H18N2OS. The van der Waals surface area contributed by atoms with E-state index in [4.69, 9.17) is 0 Å². The number of thiophene rings is 1. The fourth-order valence-corrected chi connectivity index (χ4v) is 3.03. The number of hydrogen-bond acceptors (Lipinski definition) is 3. The average molecular weight is 238 g/mol. The Morgan fingerprint density at radius 3 is 2.56 bits per heavy atom. The predicted octanol–water partition coefficient (Wildman–Crippen LogP) is 2.14. The molecule has 16 heavy (non-hydrogen) atoms. The van der Waals surface area contributed by atoms with Gasteiger partial charge in [0.05, 0.1) is 6.04 Å². The van der Waals surface area contributed by atoms with Crippen LogP contribution in [-0.4, -0.2) is 23.9 Å². The van der Waals surface area contributed by atoms with Crippen molar-refractivity contribution in [3.63, 3.8) is 0 Å². The lowest BCUT2D eigenvalue weighted by molar-refractivity contribution is -0.129. The Balaban J connectivity index is 2.22. The van der Waals surface area contributed by atoms with E-state index in [1.165, 1.54) is 9.75 Å². The second kappa shape index (κ2) is 4.18. The summed E-state index contributed by atoms with van der Waals surface area (Å²) >= 11 is 1.75. The predicted molar refractivity (Wildman–Crippen MR) is 66.3 cm³/mol. The normalized spacial score (nSPS) is 25.8. The average Bonchev–Trinajstić information content (AvgIpc) is 2.74. The van der Waals surface area contributed by atoms with Crippen LogP contribution in [0.1, 0.15) is 29.8 Å². The fraction of sp³-hybridized carbons (Fsp3) is 0.583. The molecular weight excluding hydrogens is 220 g/mol. The lowest BCUT2D eigenvalue weighted by atomic mass is 10.1. The summed E-state index contributed by atoms with van der Waals surface area (Å²) < 4.78 is 0. The van der Waals surface area contributed by atoms with Crippen molar-refractivity contribution in [1.29, 1.82) is 0 Å². The minimum atomic E-state index is -0.0441. The summed E-state index contributed by atoms with van der Waals surface area (Å²) in [6.07, 6.45) is 0.0543. The van der Waals surface area contributed by atoms with Crippen LogP contribution in [0.2, 0.25) is 0 Å². The molecule has 4 heteroatoms. The van der Waals surface area contributed by atoms with Gasteiger partial charge in [-0.1, -0.05) is 13.8 Å². The quantitative estimate of drug-likeness (QED) is 0.856. The standard InChI is InChI=1S/C12H18N2OS/c1-7(2)10-12(15)14(4)11(13-10)9-6-5-8(3)16-9/h5-7,10-11,13H,1-4H3. The Morgan fingerprint density at radius 1 is 1.44 bits per heavy atom. The second-order valence-corrected chi connectivity index (χ2v) is 6.01. The fourth-order valence-electron chi connectivity index (χ4n) is 2.05. The number of hydrogen-bond donors (Lipinski definition) is 1. The molecule has 1 aromatic rings. The minimum absolute atomic E-state index is 0.0441. The van der Waals surface area contributed by atoms with Crippen molar-refractivity contribution >= 4 is 17.2 Å². The van der Waals surface area contributed by atoms with Crippen LogP contribution in [0.15, 0.2) is 12.1 Å². The highest BCUT2D eigenvalue weighted by Gasteiger charge is 2.39. The van der Waals surface area contributed by atoms with Gasteiger partial charge in [-0.15, -0.1) is 11.3 Å². The maximum absolute atomic E-state index is 12.0. The Morgan fingerprint density at radius 2 is 2.12 bits per heavy atom. The molecule has 1 fully saturated rings. The van der Waals surface area contributed by atoms with Gasteiger partial charge in [-0.2, -0.15) is 0 Å². The Hall–Kier alpha value is -0.870. The van der Waals surface area contributed by atoms with E-state index in [0.29, 0.717) is 5.92 Å². The summed E-state index contributed by atoms with van der Waals surface area (Å²) in [6, 6.07) is 4.16. The Kier molecular flexibility index (Phi) is 3.04. The van der Waals surface area contributed by atoms with Crippen LogP contribution in [0.4, 0.5) is 0 Å². The molecule has 2 unspecified atom stereocenters. The van der Waals surface area contributed by atoms with E-state index >= 15 is 0 Å². The smallest absolute Gasteiger partial charge is 0.241 e. The molecule has 1 aliphatic heterocycles. The molecule has 1 saturated heterocycles. The first-order chi connectivity index (χ1) is 7.50. The highest BCUT2D eigenvalue weighted by atomic mass is 32.1. The molecule has 0 aliphatic carbocycles. The topological polar surface area (TPSA) is 32.3 Å². The van der Waals surface area contributed by atoms with E-state index in [1.54, 1.807) is 11.3 Å². The number of carbonyl (C=O) groups excluding carboxylic acids is 1. The Bertz CT molecular complexity index is 399. The van der Waals surface area contributed by atoms with Crippen molar-refractivity contribution in [2.45, 2.75) is 33.0 Å². The van der Waals surface area contributed by atoms with Crippen molar-refractivity contribution in [3.8, 4) is 0 Å². The van der Waals surface area contributed by atoms with Gasteiger partial charge in [-0.05, 0) is 25.0 Å². The van der Waals surface area contributed by atoms with Crippen molar-refractivity contribution < 1.29 is 4.79 Å². The van der Waals surface area contributed by atoms with Gasteiger partial charge in [0.25, 0.3) is 0 Å². The van der Waals surface area contributed by atoms with Gasteiger partial charge in [0.2, 0.25) is 5.91 Å². The van der Waals surface area contributed by atoms with Gasteiger partial charge in [0.1, 0.15) is 6.17 Å². The van der Waals surface area contributed by atoms with E-state index in [9.17, 15) is 4.79 Å². The van der Waals surface area contributed by atoms with Gasteiger partial charge in [-0.3, -0.25) is 10.1 Å².